The third-order valence-electron chi connectivity index (χ3n) is 5.07. The third-order valence-corrected chi connectivity index (χ3v) is 5.35. The molecule has 0 radical (unpaired) electrons. The number of rotatable bonds is 8. The number of carbonyl (C=O) groups excluding carboxylic acids is 2. The highest BCUT2D eigenvalue weighted by Crippen LogP contribution is 2.26. The Balaban J connectivity index is 1.51. The predicted molar refractivity (Wildman–Crippen MR) is 125 cm³/mol. The maximum atomic E-state index is 12.6. The van der Waals surface area contributed by atoms with E-state index in [0.717, 1.165) is 24.3 Å². The normalized spacial score (nSPS) is 13.6. The molecule has 0 saturated carbocycles. The third kappa shape index (κ3) is 6.26. The van der Waals surface area contributed by atoms with Crippen molar-refractivity contribution in [2.75, 3.05) is 49.6 Å². The summed E-state index contributed by atoms with van der Waals surface area (Å²) in [5.41, 5.74) is 1.04. The van der Waals surface area contributed by atoms with Crippen LogP contribution >= 0.6 is 11.6 Å². The molecule has 2 heterocycles. The highest BCUT2D eigenvalue weighted by atomic mass is 35.5. The summed E-state index contributed by atoms with van der Waals surface area (Å²) in [5.74, 6) is 0.942. The lowest BCUT2D eigenvalue weighted by Crippen LogP contribution is -2.50. The van der Waals surface area contributed by atoms with E-state index in [2.05, 4.69) is 17.2 Å². The number of pyridine rings is 1. The zero-order valence-electron chi connectivity index (χ0n) is 18.5. The lowest BCUT2D eigenvalue weighted by Gasteiger charge is -2.35. The first-order chi connectivity index (χ1) is 15.5. The topological polar surface area (TPSA) is 84.0 Å². The van der Waals surface area contributed by atoms with Gasteiger partial charge in [0.15, 0.2) is 0 Å². The lowest BCUT2D eigenvalue weighted by molar-refractivity contribution is 0.0526. The number of unbranched alkanes of at least 4 members (excludes halogenated alkanes) is 1. The number of benzene rings is 1. The maximum absolute atomic E-state index is 12.6. The summed E-state index contributed by atoms with van der Waals surface area (Å²) in [4.78, 5) is 32.6. The van der Waals surface area contributed by atoms with Gasteiger partial charge in [0.05, 0.1) is 23.8 Å². The van der Waals surface area contributed by atoms with Gasteiger partial charge in [-0.1, -0.05) is 24.9 Å². The molecule has 0 bridgehead atoms. The number of nitrogens with one attached hydrogen (secondary N) is 1. The number of piperazine rings is 1. The Labute approximate surface area is 193 Å². The Morgan fingerprint density at radius 3 is 2.47 bits per heavy atom. The van der Waals surface area contributed by atoms with Crippen LogP contribution < -0.4 is 15.0 Å². The highest BCUT2D eigenvalue weighted by molar-refractivity contribution is 6.33. The quantitative estimate of drug-likeness (QED) is 0.463. The molecule has 3 rings (SSSR count). The van der Waals surface area contributed by atoms with E-state index >= 15 is 0 Å². The Bertz CT molecular complexity index is 915. The molecule has 9 heteroatoms. The number of halogens is 1. The standard InChI is InChI=1S/C23H29ClN4O4/c1-3-5-14-32-19-8-6-18(7-9-19)26-23(30)28-12-10-27(11-13-28)21-20(24)15-17(16-25-21)22(29)31-4-2/h6-9,15-16H,3-5,10-14H2,1-2H3,(H,26,30). The number of esters is 1. The number of nitrogens with zero attached hydrogens (tertiary/aromatic N) is 3. The van der Waals surface area contributed by atoms with E-state index in [1.807, 2.05) is 29.2 Å². The number of carbonyl (C=O) groups is 2. The molecule has 8 nitrogen and oxygen atoms in total. The maximum Gasteiger partial charge on any atom is 0.339 e. The van der Waals surface area contributed by atoms with E-state index in [0.29, 0.717) is 55.8 Å². The molecular weight excluding hydrogens is 432 g/mol. The van der Waals surface area contributed by atoms with Gasteiger partial charge in [-0.15, -0.1) is 0 Å². The molecule has 32 heavy (non-hydrogen) atoms. The van der Waals surface area contributed by atoms with Crippen LogP contribution in [0.5, 0.6) is 5.75 Å². The second-order valence-corrected chi connectivity index (χ2v) is 7.79. The van der Waals surface area contributed by atoms with Gasteiger partial charge in [-0.25, -0.2) is 14.6 Å². The Hall–Kier alpha value is -3.00. The number of amides is 2. The minimum Gasteiger partial charge on any atom is -0.494 e. The molecule has 1 aliphatic rings. The first kappa shape index (κ1) is 23.7. The van der Waals surface area contributed by atoms with Crippen molar-refractivity contribution in [3.63, 3.8) is 0 Å². The van der Waals surface area contributed by atoms with Crippen LogP contribution in [0.2, 0.25) is 5.02 Å². The molecule has 2 aromatic rings. The van der Waals surface area contributed by atoms with Crippen LogP contribution in [0.1, 0.15) is 37.0 Å². The van der Waals surface area contributed by atoms with E-state index in [1.54, 1.807) is 17.9 Å². The number of ether oxygens (including phenoxy) is 2. The van der Waals surface area contributed by atoms with Crippen LogP contribution in [0.3, 0.4) is 0 Å². The van der Waals surface area contributed by atoms with Gasteiger partial charge in [-0.2, -0.15) is 0 Å². The average Bonchev–Trinajstić information content (AvgIpc) is 2.80. The van der Waals surface area contributed by atoms with Gasteiger partial charge in [0, 0.05) is 38.1 Å². The Morgan fingerprint density at radius 2 is 1.84 bits per heavy atom. The van der Waals surface area contributed by atoms with Crippen molar-refractivity contribution >= 4 is 35.1 Å². The highest BCUT2D eigenvalue weighted by Gasteiger charge is 2.24. The van der Waals surface area contributed by atoms with E-state index < -0.39 is 5.97 Å². The van der Waals surface area contributed by atoms with Gasteiger partial charge in [-0.05, 0) is 43.7 Å². The van der Waals surface area contributed by atoms with E-state index in [9.17, 15) is 9.59 Å². The molecule has 1 aliphatic heterocycles. The molecule has 1 saturated heterocycles. The Kier molecular flexibility index (Phi) is 8.56. The van der Waals surface area contributed by atoms with E-state index in [4.69, 9.17) is 21.1 Å². The SMILES string of the molecule is CCCCOc1ccc(NC(=O)N2CCN(c3ncc(C(=O)OCC)cc3Cl)CC2)cc1. The Morgan fingerprint density at radius 1 is 1.12 bits per heavy atom. The van der Waals surface area contributed by atoms with Gasteiger partial charge >= 0.3 is 12.0 Å². The molecule has 0 atom stereocenters. The van der Waals surface area contributed by atoms with Crippen molar-refractivity contribution in [1.82, 2.24) is 9.88 Å². The molecule has 0 unspecified atom stereocenters. The van der Waals surface area contributed by atoms with Gasteiger partial charge in [-0.3, -0.25) is 0 Å². The van der Waals surface area contributed by atoms with Crippen LogP contribution in [0, 0.1) is 0 Å². The minimum atomic E-state index is -0.449. The van der Waals surface area contributed by atoms with Crippen molar-refractivity contribution in [1.29, 1.82) is 0 Å². The molecule has 1 fully saturated rings. The first-order valence-corrected chi connectivity index (χ1v) is 11.3. The molecule has 0 aliphatic carbocycles. The monoisotopic (exact) mass is 460 g/mol. The molecule has 1 aromatic heterocycles. The van der Waals surface area contributed by atoms with Crippen molar-refractivity contribution in [2.45, 2.75) is 26.7 Å². The summed E-state index contributed by atoms with van der Waals surface area (Å²) < 4.78 is 10.6. The largest absolute Gasteiger partial charge is 0.494 e. The van der Waals surface area contributed by atoms with Crippen LogP contribution in [-0.2, 0) is 4.74 Å². The lowest BCUT2D eigenvalue weighted by atomic mass is 10.2. The first-order valence-electron chi connectivity index (χ1n) is 10.9. The summed E-state index contributed by atoms with van der Waals surface area (Å²) in [6.45, 7) is 7.08. The summed E-state index contributed by atoms with van der Waals surface area (Å²) in [6, 6.07) is 8.81. The fourth-order valence-electron chi connectivity index (χ4n) is 3.28. The summed E-state index contributed by atoms with van der Waals surface area (Å²) in [6.07, 6.45) is 3.57. The second-order valence-electron chi connectivity index (χ2n) is 7.38. The zero-order chi connectivity index (χ0) is 22.9. The number of anilines is 2. The summed E-state index contributed by atoms with van der Waals surface area (Å²) in [5, 5.41) is 3.31. The van der Waals surface area contributed by atoms with Crippen molar-refractivity contribution in [2.24, 2.45) is 0 Å². The predicted octanol–water partition coefficient (Wildman–Crippen LogP) is 4.44. The smallest absolute Gasteiger partial charge is 0.339 e. The molecular formula is C23H29ClN4O4. The van der Waals surface area contributed by atoms with Gasteiger partial charge in [0.2, 0.25) is 0 Å². The summed E-state index contributed by atoms with van der Waals surface area (Å²) >= 11 is 6.35. The van der Waals surface area contributed by atoms with Crippen LogP contribution in [0.25, 0.3) is 0 Å². The molecule has 2 amide bonds. The number of urea groups is 1. The fraction of sp³-hybridized carbons (Fsp3) is 0.435. The van der Waals surface area contributed by atoms with Crippen molar-refractivity contribution in [3.05, 3.63) is 47.1 Å². The average molecular weight is 461 g/mol. The molecule has 1 N–H and O–H groups in total. The van der Waals surface area contributed by atoms with Gasteiger partial charge in [0.25, 0.3) is 0 Å². The number of hydrogen-bond acceptors (Lipinski definition) is 6. The van der Waals surface area contributed by atoms with E-state index in [1.165, 1.54) is 6.20 Å². The zero-order valence-corrected chi connectivity index (χ0v) is 19.2. The summed E-state index contributed by atoms with van der Waals surface area (Å²) in [7, 11) is 0. The second kappa shape index (κ2) is 11.6. The van der Waals surface area contributed by atoms with Crippen molar-refractivity contribution < 1.29 is 19.1 Å². The van der Waals surface area contributed by atoms with Gasteiger partial charge in [0.1, 0.15) is 11.6 Å². The molecule has 0 spiro atoms. The van der Waals surface area contributed by atoms with Crippen LogP contribution in [0.4, 0.5) is 16.3 Å². The number of aromatic nitrogens is 1. The van der Waals surface area contributed by atoms with Crippen molar-refractivity contribution in [3.8, 4) is 5.75 Å². The molecule has 1 aromatic carbocycles. The van der Waals surface area contributed by atoms with Crippen LogP contribution in [-0.4, -0.2) is 61.3 Å². The van der Waals surface area contributed by atoms with Gasteiger partial charge < -0.3 is 24.6 Å². The number of hydrogen-bond donors (Lipinski definition) is 1. The minimum absolute atomic E-state index is 0.152. The fourth-order valence-corrected chi connectivity index (χ4v) is 3.57. The molecule has 172 valence electrons. The van der Waals surface area contributed by atoms with E-state index in [-0.39, 0.29) is 6.03 Å². The van der Waals surface area contributed by atoms with Crippen LogP contribution in [0.15, 0.2) is 36.5 Å².